The average Bonchev–Trinajstić information content (AvgIpc) is 2.33. The van der Waals surface area contributed by atoms with Gasteiger partial charge in [0.1, 0.15) is 0 Å². The molecule has 92 valence electrons. The number of nitrogens with zero attached hydrogens (tertiary/aromatic N) is 1. The fraction of sp³-hybridized carbons (Fsp3) is 0.462. The molecule has 2 rings (SSSR count). The molecule has 2 nitrogen and oxygen atoms in total. The van der Waals surface area contributed by atoms with Crippen molar-refractivity contribution in [1.82, 2.24) is 4.90 Å². The second kappa shape index (κ2) is 5.40. The molecule has 1 aromatic rings. The van der Waals surface area contributed by atoms with E-state index in [4.69, 9.17) is 11.6 Å². The van der Waals surface area contributed by atoms with Crippen LogP contribution in [0, 0.1) is 6.92 Å². The first-order valence-electron chi connectivity index (χ1n) is 5.78. The third-order valence-electron chi connectivity index (χ3n) is 3.21. The highest BCUT2D eigenvalue weighted by Gasteiger charge is 2.23. The summed E-state index contributed by atoms with van der Waals surface area (Å²) in [6, 6.07) is 5.74. The number of benzene rings is 1. The number of amides is 1. The highest BCUT2D eigenvalue weighted by molar-refractivity contribution is 9.10. The maximum Gasteiger partial charge on any atom is 0.254 e. The Hall–Kier alpha value is -0.540. The zero-order valence-electron chi connectivity index (χ0n) is 9.75. The predicted octanol–water partition coefficient (Wildman–Crippen LogP) is 3.60. The molecule has 0 radical (unpaired) electrons. The van der Waals surface area contributed by atoms with Crippen molar-refractivity contribution < 1.29 is 4.79 Å². The van der Waals surface area contributed by atoms with Gasteiger partial charge in [0, 0.05) is 28.5 Å². The minimum absolute atomic E-state index is 0.118. The molecule has 1 amide bonds. The van der Waals surface area contributed by atoms with Crippen LogP contribution < -0.4 is 0 Å². The molecule has 1 aromatic carbocycles. The maximum absolute atomic E-state index is 12.3. The summed E-state index contributed by atoms with van der Waals surface area (Å²) in [6.45, 7) is 3.49. The van der Waals surface area contributed by atoms with E-state index in [-0.39, 0.29) is 11.3 Å². The molecule has 1 aliphatic rings. The highest BCUT2D eigenvalue weighted by Crippen LogP contribution is 2.23. The van der Waals surface area contributed by atoms with Crippen LogP contribution >= 0.6 is 27.5 Å². The van der Waals surface area contributed by atoms with Gasteiger partial charge in [0.2, 0.25) is 0 Å². The van der Waals surface area contributed by atoms with Crippen LogP contribution in [0.2, 0.25) is 0 Å². The van der Waals surface area contributed by atoms with Crippen LogP contribution in [0.25, 0.3) is 0 Å². The number of rotatable bonds is 1. The van der Waals surface area contributed by atoms with E-state index in [1.54, 1.807) is 0 Å². The molecule has 4 heteroatoms. The quantitative estimate of drug-likeness (QED) is 0.725. The van der Waals surface area contributed by atoms with Crippen LogP contribution in [0.4, 0.5) is 0 Å². The van der Waals surface area contributed by atoms with Crippen molar-refractivity contribution >= 4 is 33.4 Å². The van der Waals surface area contributed by atoms with Gasteiger partial charge in [0.15, 0.2) is 0 Å². The number of alkyl halides is 1. The monoisotopic (exact) mass is 315 g/mol. The van der Waals surface area contributed by atoms with Gasteiger partial charge in [0.05, 0.1) is 0 Å². The van der Waals surface area contributed by atoms with E-state index in [2.05, 4.69) is 15.9 Å². The van der Waals surface area contributed by atoms with E-state index >= 15 is 0 Å². The van der Waals surface area contributed by atoms with Gasteiger partial charge in [0.25, 0.3) is 5.91 Å². The fourth-order valence-electron chi connectivity index (χ4n) is 2.06. The molecule has 0 bridgehead atoms. The van der Waals surface area contributed by atoms with E-state index in [0.717, 1.165) is 41.5 Å². The summed E-state index contributed by atoms with van der Waals surface area (Å²) in [5.74, 6) is 0.118. The maximum atomic E-state index is 12.3. The zero-order valence-corrected chi connectivity index (χ0v) is 12.1. The Bertz CT molecular complexity index is 427. The van der Waals surface area contributed by atoms with Crippen LogP contribution in [0.3, 0.4) is 0 Å². The Morgan fingerprint density at radius 1 is 1.41 bits per heavy atom. The Morgan fingerprint density at radius 2 is 2.06 bits per heavy atom. The Kier molecular flexibility index (Phi) is 4.10. The van der Waals surface area contributed by atoms with Gasteiger partial charge in [-0.2, -0.15) is 0 Å². The second-order valence-corrected chi connectivity index (χ2v) is 5.85. The average molecular weight is 317 g/mol. The first-order chi connectivity index (χ1) is 8.09. The van der Waals surface area contributed by atoms with Crippen LogP contribution in [0.5, 0.6) is 0 Å². The number of likely N-dealkylation sites (tertiary alicyclic amines) is 1. The lowest BCUT2D eigenvalue weighted by molar-refractivity contribution is 0.0725. The van der Waals surface area contributed by atoms with Gasteiger partial charge in [-0.15, -0.1) is 11.6 Å². The predicted molar refractivity (Wildman–Crippen MR) is 73.7 cm³/mol. The number of halogens is 2. The van der Waals surface area contributed by atoms with Crippen molar-refractivity contribution in [2.75, 3.05) is 13.1 Å². The Morgan fingerprint density at radius 3 is 2.71 bits per heavy atom. The van der Waals surface area contributed by atoms with Crippen molar-refractivity contribution in [1.29, 1.82) is 0 Å². The van der Waals surface area contributed by atoms with Crippen molar-refractivity contribution in [3.8, 4) is 0 Å². The molecule has 0 atom stereocenters. The number of carbonyl (C=O) groups excluding carboxylic acids is 1. The summed E-state index contributed by atoms with van der Waals surface area (Å²) in [6.07, 6.45) is 1.78. The Labute approximate surface area is 115 Å². The molecule has 1 heterocycles. The lowest BCUT2D eigenvalue weighted by Gasteiger charge is -2.29. The molecule has 0 spiro atoms. The smallest absolute Gasteiger partial charge is 0.254 e. The summed E-state index contributed by atoms with van der Waals surface area (Å²) in [5, 5.41) is 0.225. The first kappa shape index (κ1) is 12.9. The summed E-state index contributed by atoms with van der Waals surface area (Å²) in [7, 11) is 0. The van der Waals surface area contributed by atoms with Gasteiger partial charge < -0.3 is 4.90 Å². The van der Waals surface area contributed by atoms with Crippen LogP contribution in [0.1, 0.15) is 28.8 Å². The summed E-state index contributed by atoms with van der Waals surface area (Å²) < 4.78 is 0.982. The zero-order chi connectivity index (χ0) is 12.4. The molecule has 1 aliphatic heterocycles. The van der Waals surface area contributed by atoms with Crippen molar-refractivity contribution in [3.63, 3.8) is 0 Å². The van der Waals surface area contributed by atoms with E-state index in [9.17, 15) is 4.79 Å². The highest BCUT2D eigenvalue weighted by atomic mass is 79.9. The van der Waals surface area contributed by atoms with Gasteiger partial charge in [-0.05, 0) is 37.5 Å². The van der Waals surface area contributed by atoms with E-state index in [1.165, 1.54) is 0 Å². The van der Waals surface area contributed by atoms with Crippen molar-refractivity contribution in [3.05, 3.63) is 33.8 Å². The number of hydrogen-bond donors (Lipinski definition) is 0. The molecular formula is C13H15BrClNO. The van der Waals surface area contributed by atoms with E-state index in [1.807, 2.05) is 30.0 Å². The van der Waals surface area contributed by atoms with Crippen LogP contribution in [0.15, 0.2) is 22.7 Å². The molecular weight excluding hydrogens is 302 g/mol. The second-order valence-electron chi connectivity index (χ2n) is 4.38. The molecule has 17 heavy (non-hydrogen) atoms. The van der Waals surface area contributed by atoms with E-state index < -0.39 is 0 Å². The molecule has 0 aromatic heterocycles. The third kappa shape index (κ3) is 2.83. The Balaban J connectivity index is 2.17. The minimum Gasteiger partial charge on any atom is -0.339 e. The van der Waals surface area contributed by atoms with Crippen LogP contribution in [-0.2, 0) is 0 Å². The topological polar surface area (TPSA) is 20.3 Å². The van der Waals surface area contributed by atoms with Gasteiger partial charge in [-0.3, -0.25) is 4.79 Å². The van der Waals surface area contributed by atoms with Gasteiger partial charge in [-0.1, -0.05) is 22.0 Å². The van der Waals surface area contributed by atoms with Gasteiger partial charge >= 0.3 is 0 Å². The van der Waals surface area contributed by atoms with E-state index in [0.29, 0.717) is 0 Å². The lowest BCUT2D eigenvalue weighted by Crippen LogP contribution is -2.39. The molecule has 1 fully saturated rings. The third-order valence-corrected chi connectivity index (χ3v) is 4.51. The molecule has 1 saturated heterocycles. The standard InChI is InChI=1S/C13H15BrClNO/c1-9-11(3-2-4-12(9)14)13(17)16-7-5-10(15)6-8-16/h2-4,10H,5-8H2,1H3. The molecule has 0 saturated carbocycles. The number of hydrogen-bond acceptors (Lipinski definition) is 1. The number of carbonyl (C=O) groups is 1. The van der Waals surface area contributed by atoms with Crippen molar-refractivity contribution in [2.24, 2.45) is 0 Å². The normalized spacial score (nSPS) is 17.2. The van der Waals surface area contributed by atoms with Crippen LogP contribution in [-0.4, -0.2) is 29.3 Å². The SMILES string of the molecule is Cc1c(Br)cccc1C(=O)N1CCC(Cl)CC1. The van der Waals surface area contributed by atoms with Crippen molar-refractivity contribution in [2.45, 2.75) is 25.1 Å². The number of piperidine rings is 1. The summed E-state index contributed by atoms with van der Waals surface area (Å²) >= 11 is 9.50. The van der Waals surface area contributed by atoms with Gasteiger partial charge in [-0.25, -0.2) is 0 Å². The lowest BCUT2D eigenvalue weighted by atomic mass is 10.1. The first-order valence-corrected chi connectivity index (χ1v) is 7.01. The largest absolute Gasteiger partial charge is 0.339 e. The molecule has 0 N–H and O–H groups in total. The summed E-state index contributed by atoms with van der Waals surface area (Å²) in [5.41, 5.74) is 1.79. The molecule has 0 unspecified atom stereocenters. The minimum atomic E-state index is 0.118. The fourth-order valence-corrected chi connectivity index (χ4v) is 2.62. The summed E-state index contributed by atoms with van der Waals surface area (Å²) in [4.78, 5) is 14.2. The molecule has 0 aliphatic carbocycles.